The smallest absolute Gasteiger partial charge is 0.215 e. The Morgan fingerprint density at radius 3 is 2.61 bits per heavy atom. The van der Waals surface area contributed by atoms with Gasteiger partial charge in [-0.2, -0.15) is 0 Å². The average Bonchev–Trinajstić information content (AvgIpc) is 2.77. The van der Waals surface area contributed by atoms with Gasteiger partial charge in [-0.1, -0.05) is 41.4 Å². The zero-order valence-corrected chi connectivity index (χ0v) is 11.2. The molecule has 0 aliphatic carbocycles. The van der Waals surface area contributed by atoms with Crippen molar-refractivity contribution in [3.05, 3.63) is 45.7 Å². The summed E-state index contributed by atoms with van der Waals surface area (Å²) < 4.78 is 1.56. The summed E-state index contributed by atoms with van der Waals surface area (Å²) in [5.41, 5.74) is 0.687. The topological polar surface area (TPSA) is 47.8 Å². The van der Waals surface area contributed by atoms with Crippen LogP contribution in [0, 0.1) is 0 Å². The minimum Gasteiger partial charge on any atom is -0.287 e. The normalized spacial score (nSPS) is 10.6. The lowest BCUT2D eigenvalue weighted by molar-refractivity contribution is 0.102. The molecular weight excluding hydrogens is 273 g/mol. The first-order valence-electron chi connectivity index (χ1n) is 5.52. The van der Waals surface area contributed by atoms with E-state index < -0.39 is 0 Å². The number of carbonyl (C=O) groups excluding carboxylic acids is 1. The van der Waals surface area contributed by atoms with Crippen molar-refractivity contribution in [2.24, 2.45) is 0 Å². The third-order valence-corrected chi connectivity index (χ3v) is 3.11. The summed E-state index contributed by atoms with van der Waals surface area (Å²) in [4.78, 5) is 12.4. The van der Waals surface area contributed by atoms with Gasteiger partial charge in [0.05, 0.1) is 21.8 Å². The number of carbonyl (C=O) groups is 1. The van der Waals surface area contributed by atoms with Crippen LogP contribution in [-0.2, 0) is 6.54 Å². The van der Waals surface area contributed by atoms with Crippen LogP contribution >= 0.6 is 23.2 Å². The van der Waals surface area contributed by atoms with E-state index in [9.17, 15) is 4.79 Å². The van der Waals surface area contributed by atoms with Crippen LogP contribution < -0.4 is 0 Å². The predicted molar refractivity (Wildman–Crippen MR) is 70.2 cm³/mol. The van der Waals surface area contributed by atoms with Crippen molar-refractivity contribution in [2.75, 3.05) is 0 Å². The van der Waals surface area contributed by atoms with Gasteiger partial charge in [-0.25, -0.2) is 4.68 Å². The molecule has 0 radical (unpaired) electrons. The van der Waals surface area contributed by atoms with E-state index in [1.807, 2.05) is 6.92 Å². The number of hydrogen-bond donors (Lipinski definition) is 0. The molecule has 94 valence electrons. The third kappa shape index (κ3) is 2.40. The van der Waals surface area contributed by atoms with Gasteiger partial charge in [0, 0.05) is 6.54 Å². The van der Waals surface area contributed by atoms with Crippen molar-refractivity contribution >= 4 is 29.0 Å². The zero-order valence-electron chi connectivity index (χ0n) is 9.73. The Balaban J connectivity index is 2.45. The molecular formula is C12H11Cl2N3O. The third-order valence-electron chi connectivity index (χ3n) is 2.48. The SMILES string of the molecule is CCCn1nncc1C(=O)c1c(Cl)cccc1Cl. The van der Waals surface area contributed by atoms with Crippen molar-refractivity contribution in [3.63, 3.8) is 0 Å². The maximum Gasteiger partial charge on any atom is 0.215 e. The van der Waals surface area contributed by atoms with Gasteiger partial charge in [0.2, 0.25) is 5.78 Å². The highest BCUT2D eigenvalue weighted by atomic mass is 35.5. The summed E-state index contributed by atoms with van der Waals surface area (Å²) in [5, 5.41) is 8.28. The lowest BCUT2D eigenvalue weighted by Gasteiger charge is -2.07. The van der Waals surface area contributed by atoms with Gasteiger partial charge < -0.3 is 0 Å². The van der Waals surface area contributed by atoms with Crippen molar-refractivity contribution in [1.29, 1.82) is 0 Å². The Morgan fingerprint density at radius 2 is 2.00 bits per heavy atom. The molecule has 0 spiro atoms. The van der Waals surface area contributed by atoms with Gasteiger partial charge in [0.1, 0.15) is 5.69 Å². The number of nitrogens with zero attached hydrogens (tertiary/aromatic N) is 3. The van der Waals surface area contributed by atoms with Crippen LogP contribution in [0.15, 0.2) is 24.4 Å². The Labute approximate surface area is 115 Å². The second-order valence-electron chi connectivity index (χ2n) is 3.77. The fraction of sp³-hybridized carbons (Fsp3) is 0.250. The van der Waals surface area contributed by atoms with Gasteiger partial charge in [0.25, 0.3) is 0 Å². The molecule has 6 heteroatoms. The Hall–Kier alpha value is -1.39. The molecule has 2 aromatic rings. The molecule has 4 nitrogen and oxygen atoms in total. The van der Waals surface area contributed by atoms with E-state index in [2.05, 4.69) is 10.3 Å². The Bertz CT molecular complexity index is 560. The predicted octanol–water partition coefficient (Wildman–Crippen LogP) is 3.23. The number of aromatic nitrogens is 3. The summed E-state index contributed by atoms with van der Waals surface area (Å²) in [6.45, 7) is 2.63. The van der Waals surface area contributed by atoms with Crippen LogP contribution in [0.5, 0.6) is 0 Å². The summed E-state index contributed by atoms with van der Waals surface area (Å²) in [7, 11) is 0. The van der Waals surface area contributed by atoms with Crippen LogP contribution in [-0.4, -0.2) is 20.8 Å². The van der Waals surface area contributed by atoms with Crippen LogP contribution in [0.3, 0.4) is 0 Å². The first-order valence-corrected chi connectivity index (χ1v) is 6.28. The molecule has 0 bridgehead atoms. The first-order chi connectivity index (χ1) is 8.65. The summed E-state index contributed by atoms with van der Waals surface area (Å²) >= 11 is 12.0. The summed E-state index contributed by atoms with van der Waals surface area (Å²) in [5.74, 6) is -0.260. The molecule has 0 unspecified atom stereocenters. The molecule has 0 aliphatic heterocycles. The Kier molecular flexibility index (Phi) is 3.99. The molecule has 0 atom stereocenters. The van der Waals surface area contributed by atoms with E-state index in [1.54, 1.807) is 22.9 Å². The molecule has 0 saturated heterocycles. The maximum atomic E-state index is 12.4. The molecule has 2 rings (SSSR count). The highest BCUT2D eigenvalue weighted by Gasteiger charge is 2.20. The number of ketones is 1. The van der Waals surface area contributed by atoms with Gasteiger partial charge in [-0.3, -0.25) is 4.79 Å². The van der Waals surface area contributed by atoms with Crippen LogP contribution in [0.2, 0.25) is 10.0 Å². The van der Waals surface area contributed by atoms with E-state index in [1.165, 1.54) is 6.20 Å². The fourth-order valence-corrected chi connectivity index (χ4v) is 2.22. The highest BCUT2D eigenvalue weighted by Crippen LogP contribution is 2.26. The molecule has 1 heterocycles. The second-order valence-corrected chi connectivity index (χ2v) is 4.58. The van der Waals surface area contributed by atoms with Crippen LogP contribution in [0.25, 0.3) is 0 Å². The van der Waals surface area contributed by atoms with Gasteiger partial charge in [-0.05, 0) is 18.6 Å². The monoisotopic (exact) mass is 283 g/mol. The molecule has 0 saturated carbocycles. The van der Waals surface area contributed by atoms with E-state index in [0.29, 0.717) is 27.8 Å². The molecule has 0 amide bonds. The second kappa shape index (κ2) is 5.50. The van der Waals surface area contributed by atoms with Gasteiger partial charge >= 0.3 is 0 Å². The van der Waals surface area contributed by atoms with E-state index in [-0.39, 0.29) is 5.78 Å². The minimum absolute atomic E-state index is 0.260. The van der Waals surface area contributed by atoms with Gasteiger partial charge in [-0.15, -0.1) is 5.10 Å². The minimum atomic E-state index is -0.260. The lowest BCUT2D eigenvalue weighted by atomic mass is 10.1. The molecule has 1 aromatic heterocycles. The van der Waals surface area contributed by atoms with Crippen LogP contribution in [0.1, 0.15) is 29.4 Å². The van der Waals surface area contributed by atoms with Crippen LogP contribution in [0.4, 0.5) is 0 Å². The summed E-state index contributed by atoms with van der Waals surface area (Å²) in [6.07, 6.45) is 2.29. The van der Waals surface area contributed by atoms with Crippen molar-refractivity contribution in [1.82, 2.24) is 15.0 Å². The summed E-state index contributed by atoms with van der Waals surface area (Å²) in [6, 6.07) is 4.96. The molecule has 1 aromatic carbocycles. The molecule has 0 fully saturated rings. The lowest BCUT2D eigenvalue weighted by Crippen LogP contribution is -2.12. The number of benzene rings is 1. The Morgan fingerprint density at radius 1 is 1.33 bits per heavy atom. The number of aryl methyl sites for hydroxylation is 1. The van der Waals surface area contributed by atoms with Crippen molar-refractivity contribution < 1.29 is 4.79 Å². The first kappa shape index (κ1) is 13.1. The standard InChI is InChI=1S/C12H11Cl2N3O/c1-2-6-17-10(7-15-16-17)12(18)11-8(13)4-3-5-9(11)14/h3-5,7H,2,6H2,1H3. The zero-order chi connectivity index (χ0) is 13.1. The van der Waals surface area contributed by atoms with E-state index in [0.717, 1.165) is 6.42 Å². The van der Waals surface area contributed by atoms with E-state index >= 15 is 0 Å². The average molecular weight is 284 g/mol. The number of halogens is 2. The van der Waals surface area contributed by atoms with Crippen molar-refractivity contribution in [3.8, 4) is 0 Å². The van der Waals surface area contributed by atoms with E-state index in [4.69, 9.17) is 23.2 Å². The number of hydrogen-bond acceptors (Lipinski definition) is 3. The molecule has 0 N–H and O–H groups in total. The largest absolute Gasteiger partial charge is 0.287 e. The maximum absolute atomic E-state index is 12.4. The quantitative estimate of drug-likeness (QED) is 0.810. The highest BCUT2D eigenvalue weighted by molar-refractivity contribution is 6.40. The van der Waals surface area contributed by atoms with Gasteiger partial charge in [0.15, 0.2) is 0 Å². The molecule has 18 heavy (non-hydrogen) atoms. The fourth-order valence-electron chi connectivity index (χ4n) is 1.65. The molecule has 0 aliphatic rings. The van der Waals surface area contributed by atoms with Crippen molar-refractivity contribution in [2.45, 2.75) is 19.9 Å². The number of rotatable bonds is 4.